The van der Waals surface area contributed by atoms with Crippen molar-refractivity contribution in [3.8, 4) is 5.75 Å². The minimum Gasteiger partial charge on any atom is -0.497 e. The zero-order valence-electron chi connectivity index (χ0n) is 14.9. The number of nitrogens with one attached hydrogen (secondary N) is 1. The lowest BCUT2D eigenvalue weighted by atomic mass is 10.0. The molecule has 1 atom stereocenters. The molecular formula is C21H20ClN3OS. The Bertz CT molecular complexity index is 937. The summed E-state index contributed by atoms with van der Waals surface area (Å²) < 4.78 is 7.50. The number of nitrogens with zero attached hydrogens (tertiary/aromatic N) is 2. The molecule has 2 aromatic carbocycles. The summed E-state index contributed by atoms with van der Waals surface area (Å²) in [5.41, 5.74) is 3.33. The Morgan fingerprint density at radius 3 is 2.52 bits per heavy atom. The highest BCUT2D eigenvalue weighted by Crippen LogP contribution is 2.33. The number of methoxy groups -OCH3 is 1. The second kappa shape index (κ2) is 7.62. The maximum atomic E-state index is 6.09. The van der Waals surface area contributed by atoms with Crippen molar-refractivity contribution in [1.82, 2.24) is 9.47 Å². The first-order valence-electron chi connectivity index (χ1n) is 8.78. The first kappa shape index (κ1) is 17.9. The van der Waals surface area contributed by atoms with Crippen molar-refractivity contribution in [3.63, 3.8) is 0 Å². The van der Waals surface area contributed by atoms with Gasteiger partial charge in [0.1, 0.15) is 5.75 Å². The van der Waals surface area contributed by atoms with Gasteiger partial charge in [-0.15, -0.1) is 0 Å². The number of anilines is 1. The van der Waals surface area contributed by atoms with Crippen LogP contribution in [0.1, 0.15) is 17.3 Å². The zero-order chi connectivity index (χ0) is 18.8. The monoisotopic (exact) mass is 397 g/mol. The van der Waals surface area contributed by atoms with Crippen molar-refractivity contribution >= 4 is 34.6 Å². The Balaban J connectivity index is 1.63. The van der Waals surface area contributed by atoms with Crippen LogP contribution in [-0.2, 0) is 6.54 Å². The van der Waals surface area contributed by atoms with Crippen LogP contribution in [0.25, 0.3) is 0 Å². The summed E-state index contributed by atoms with van der Waals surface area (Å²) in [4.78, 5) is 2.23. The van der Waals surface area contributed by atoms with Gasteiger partial charge in [-0.05, 0) is 66.3 Å². The van der Waals surface area contributed by atoms with Crippen LogP contribution in [-0.4, -0.2) is 28.2 Å². The van der Waals surface area contributed by atoms with E-state index in [1.807, 2.05) is 36.4 Å². The molecule has 0 amide bonds. The van der Waals surface area contributed by atoms with Crippen LogP contribution in [0.3, 0.4) is 0 Å². The fourth-order valence-corrected chi connectivity index (χ4v) is 3.91. The quantitative estimate of drug-likeness (QED) is 0.633. The Labute approximate surface area is 169 Å². The second-order valence-electron chi connectivity index (χ2n) is 6.43. The number of ether oxygens (including phenoxy) is 1. The van der Waals surface area contributed by atoms with E-state index >= 15 is 0 Å². The molecule has 0 aliphatic carbocycles. The number of fused-ring (bicyclic) bond motifs is 1. The average molecular weight is 398 g/mol. The van der Waals surface area contributed by atoms with Crippen molar-refractivity contribution in [2.45, 2.75) is 12.6 Å². The van der Waals surface area contributed by atoms with E-state index in [1.165, 1.54) is 5.69 Å². The van der Waals surface area contributed by atoms with Gasteiger partial charge in [0.15, 0.2) is 5.11 Å². The van der Waals surface area contributed by atoms with Crippen molar-refractivity contribution in [2.75, 3.05) is 19.0 Å². The molecule has 0 fully saturated rings. The number of hydrogen-bond donors (Lipinski definition) is 1. The van der Waals surface area contributed by atoms with Crippen LogP contribution >= 0.6 is 23.8 Å². The summed E-state index contributed by atoms with van der Waals surface area (Å²) >= 11 is 11.9. The van der Waals surface area contributed by atoms with E-state index in [0.29, 0.717) is 5.11 Å². The van der Waals surface area contributed by atoms with Gasteiger partial charge in [-0.1, -0.05) is 23.7 Å². The van der Waals surface area contributed by atoms with E-state index in [9.17, 15) is 0 Å². The molecule has 0 radical (unpaired) electrons. The normalized spacial score (nSPS) is 15.9. The Kier molecular flexibility index (Phi) is 5.05. The van der Waals surface area contributed by atoms with Gasteiger partial charge in [-0.3, -0.25) is 0 Å². The molecular weight excluding hydrogens is 378 g/mol. The molecule has 0 saturated heterocycles. The van der Waals surface area contributed by atoms with Gasteiger partial charge in [0.25, 0.3) is 0 Å². The van der Waals surface area contributed by atoms with Crippen LogP contribution in [0, 0.1) is 0 Å². The van der Waals surface area contributed by atoms with E-state index in [1.54, 1.807) is 7.11 Å². The smallest absolute Gasteiger partial charge is 0.174 e. The van der Waals surface area contributed by atoms with Gasteiger partial charge in [0, 0.05) is 35.7 Å². The summed E-state index contributed by atoms with van der Waals surface area (Å²) in [6.07, 6.45) is 2.12. The zero-order valence-corrected chi connectivity index (χ0v) is 16.5. The van der Waals surface area contributed by atoms with Crippen LogP contribution in [0.4, 0.5) is 5.69 Å². The fourth-order valence-electron chi connectivity index (χ4n) is 3.47. The molecule has 0 saturated carbocycles. The summed E-state index contributed by atoms with van der Waals surface area (Å²) in [7, 11) is 1.66. The van der Waals surface area contributed by atoms with Gasteiger partial charge in [0.05, 0.1) is 13.2 Å². The largest absolute Gasteiger partial charge is 0.497 e. The minimum atomic E-state index is 0.0456. The summed E-state index contributed by atoms with van der Waals surface area (Å²) in [6.45, 7) is 1.73. The van der Waals surface area contributed by atoms with Crippen molar-refractivity contribution in [1.29, 1.82) is 0 Å². The molecule has 27 heavy (non-hydrogen) atoms. The minimum absolute atomic E-state index is 0.0456. The van der Waals surface area contributed by atoms with E-state index in [2.05, 4.69) is 45.2 Å². The maximum absolute atomic E-state index is 6.09. The van der Waals surface area contributed by atoms with Crippen LogP contribution in [0.15, 0.2) is 66.9 Å². The van der Waals surface area contributed by atoms with Gasteiger partial charge < -0.3 is 19.5 Å². The number of halogens is 1. The molecule has 3 aromatic rings. The third kappa shape index (κ3) is 3.66. The highest BCUT2D eigenvalue weighted by Gasteiger charge is 2.30. The summed E-state index contributed by atoms with van der Waals surface area (Å²) in [5.74, 6) is 0.821. The van der Waals surface area contributed by atoms with Gasteiger partial charge in [0.2, 0.25) is 0 Å². The maximum Gasteiger partial charge on any atom is 0.174 e. The number of rotatable bonds is 3. The topological polar surface area (TPSA) is 29.4 Å². The van der Waals surface area contributed by atoms with E-state index in [4.69, 9.17) is 28.6 Å². The Hall–Kier alpha value is -2.50. The molecule has 1 N–H and O–H groups in total. The van der Waals surface area contributed by atoms with Crippen molar-refractivity contribution < 1.29 is 4.74 Å². The number of aromatic nitrogens is 1. The van der Waals surface area contributed by atoms with Crippen LogP contribution in [0.2, 0.25) is 5.02 Å². The Morgan fingerprint density at radius 1 is 1.07 bits per heavy atom. The second-order valence-corrected chi connectivity index (χ2v) is 7.26. The third-order valence-electron chi connectivity index (χ3n) is 4.83. The van der Waals surface area contributed by atoms with Gasteiger partial charge in [-0.25, -0.2) is 0 Å². The lowest BCUT2D eigenvalue weighted by molar-refractivity contribution is 0.293. The molecule has 2 heterocycles. The molecule has 1 aliphatic rings. The molecule has 1 aromatic heterocycles. The molecule has 4 rings (SSSR count). The average Bonchev–Trinajstić information content (AvgIpc) is 3.17. The van der Waals surface area contributed by atoms with E-state index in [-0.39, 0.29) is 6.04 Å². The Morgan fingerprint density at radius 2 is 1.81 bits per heavy atom. The lowest BCUT2D eigenvalue weighted by Crippen LogP contribution is -2.44. The predicted molar refractivity (Wildman–Crippen MR) is 114 cm³/mol. The number of hydrogen-bond acceptors (Lipinski definition) is 2. The van der Waals surface area contributed by atoms with Crippen molar-refractivity contribution in [3.05, 3.63) is 83.1 Å². The molecule has 0 spiro atoms. The SMILES string of the molecule is COc1ccc(NC(=S)N2CCn3cccc3[C@H]2c2ccc(Cl)cc2)cc1. The fraction of sp³-hybridized carbons (Fsp3) is 0.190. The first-order chi connectivity index (χ1) is 13.2. The molecule has 1 aliphatic heterocycles. The first-order valence-corrected chi connectivity index (χ1v) is 9.56. The summed E-state index contributed by atoms with van der Waals surface area (Å²) in [6, 6.07) is 20.0. The number of thiocarbonyl (C=S) groups is 1. The molecule has 0 bridgehead atoms. The number of benzene rings is 2. The van der Waals surface area contributed by atoms with Crippen LogP contribution < -0.4 is 10.1 Å². The highest BCUT2D eigenvalue weighted by molar-refractivity contribution is 7.80. The van der Waals surface area contributed by atoms with Gasteiger partial charge >= 0.3 is 0 Å². The summed E-state index contributed by atoms with van der Waals surface area (Å²) in [5, 5.41) is 4.80. The van der Waals surface area contributed by atoms with E-state index in [0.717, 1.165) is 35.1 Å². The highest BCUT2D eigenvalue weighted by atomic mass is 35.5. The van der Waals surface area contributed by atoms with E-state index < -0.39 is 0 Å². The molecule has 138 valence electrons. The molecule has 6 heteroatoms. The predicted octanol–water partition coefficient (Wildman–Crippen LogP) is 4.95. The van der Waals surface area contributed by atoms with Crippen molar-refractivity contribution in [2.24, 2.45) is 0 Å². The lowest BCUT2D eigenvalue weighted by Gasteiger charge is -2.39. The van der Waals surface area contributed by atoms with Crippen LogP contribution in [0.5, 0.6) is 5.75 Å². The molecule has 0 unspecified atom stereocenters. The third-order valence-corrected chi connectivity index (χ3v) is 5.41. The standard InChI is InChI=1S/C21H20ClN3OS/c1-26-18-10-8-17(9-11-18)23-21(27)25-14-13-24-12-2-3-19(24)20(25)15-4-6-16(22)7-5-15/h2-12,20H,13-14H2,1H3,(H,23,27)/t20-/m1/s1. The molecule has 4 nitrogen and oxygen atoms in total. The van der Waals surface area contributed by atoms with Gasteiger partial charge in [-0.2, -0.15) is 0 Å².